The van der Waals surface area contributed by atoms with E-state index in [2.05, 4.69) is 11.9 Å². The molecular formula is C12H15NO3. The van der Waals surface area contributed by atoms with Gasteiger partial charge in [0.15, 0.2) is 0 Å². The molecule has 1 aromatic heterocycles. The van der Waals surface area contributed by atoms with E-state index in [1.807, 2.05) is 6.07 Å². The predicted molar refractivity (Wildman–Crippen MR) is 58.4 cm³/mol. The molecule has 16 heavy (non-hydrogen) atoms. The zero-order chi connectivity index (χ0) is 11.8. The van der Waals surface area contributed by atoms with E-state index in [-0.39, 0.29) is 5.97 Å². The van der Waals surface area contributed by atoms with Gasteiger partial charge in [-0.25, -0.2) is 4.79 Å². The molecular weight excluding hydrogens is 206 g/mol. The average molecular weight is 221 g/mol. The first-order valence-electron chi connectivity index (χ1n) is 5.43. The summed E-state index contributed by atoms with van der Waals surface area (Å²) in [5, 5.41) is 0. The normalized spacial score (nSPS) is 17.3. The molecule has 4 heteroatoms. The van der Waals surface area contributed by atoms with Gasteiger partial charge in [0.2, 0.25) is 5.79 Å². The predicted octanol–water partition coefficient (Wildman–Crippen LogP) is 2.32. The summed E-state index contributed by atoms with van der Waals surface area (Å²) in [5.41, 5.74) is 1.34. The van der Waals surface area contributed by atoms with Crippen molar-refractivity contribution in [2.45, 2.75) is 39.4 Å². The molecule has 4 nitrogen and oxygen atoms in total. The Morgan fingerprint density at radius 3 is 2.81 bits per heavy atom. The number of carbonyl (C=O) groups is 1. The Kier molecular flexibility index (Phi) is 2.58. The molecule has 0 radical (unpaired) electrons. The Hall–Kier alpha value is -1.58. The van der Waals surface area contributed by atoms with Crippen LogP contribution in [-0.4, -0.2) is 16.7 Å². The number of aryl methyl sites for hydroxylation is 1. The molecule has 0 aliphatic carbocycles. The van der Waals surface area contributed by atoms with Gasteiger partial charge in [0, 0.05) is 31.8 Å². The van der Waals surface area contributed by atoms with Crippen LogP contribution < -0.4 is 4.74 Å². The number of cyclic esters (lactones) is 1. The first-order chi connectivity index (χ1) is 7.52. The van der Waals surface area contributed by atoms with Gasteiger partial charge in [-0.3, -0.25) is 4.98 Å². The highest BCUT2D eigenvalue weighted by atomic mass is 16.7. The van der Waals surface area contributed by atoms with Crippen LogP contribution >= 0.6 is 0 Å². The van der Waals surface area contributed by atoms with Gasteiger partial charge in [0.1, 0.15) is 11.3 Å². The van der Waals surface area contributed by atoms with Gasteiger partial charge in [-0.1, -0.05) is 13.3 Å². The molecule has 1 aliphatic rings. The van der Waals surface area contributed by atoms with Crippen molar-refractivity contribution in [2.75, 3.05) is 0 Å². The van der Waals surface area contributed by atoms with Gasteiger partial charge >= 0.3 is 5.97 Å². The van der Waals surface area contributed by atoms with Crippen LogP contribution in [0.4, 0.5) is 0 Å². The largest absolute Gasteiger partial charge is 0.452 e. The van der Waals surface area contributed by atoms with Gasteiger partial charge in [0.25, 0.3) is 0 Å². The number of fused-ring (bicyclic) bond motifs is 1. The Balaban J connectivity index is 2.38. The maximum absolute atomic E-state index is 11.6. The first kappa shape index (κ1) is 10.9. The van der Waals surface area contributed by atoms with Crippen LogP contribution in [0.3, 0.4) is 0 Å². The van der Waals surface area contributed by atoms with E-state index < -0.39 is 5.79 Å². The second kappa shape index (κ2) is 3.77. The van der Waals surface area contributed by atoms with E-state index >= 15 is 0 Å². The van der Waals surface area contributed by atoms with E-state index in [4.69, 9.17) is 9.47 Å². The summed E-state index contributed by atoms with van der Waals surface area (Å²) >= 11 is 0. The van der Waals surface area contributed by atoms with E-state index in [1.165, 1.54) is 6.20 Å². The summed E-state index contributed by atoms with van der Waals surface area (Å²) in [6.07, 6.45) is 3.42. The Bertz CT molecular complexity index is 426. The maximum Gasteiger partial charge on any atom is 0.346 e. The highest BCUT2D eigenvalue weighted by Gasteiger charge is 2.34. The summed E-state index contributed by atoms with van der Waals surface area (Å²) in [6, 6.07) is 1.82. The first-order valence-corrected chi connectivity index (χ1v) is 5.43. The van der Waals surface area contributed by atoms with Crippen LogP contribution in [-0.2, 0) is 11.2 Å². The average Bonchev–Trinajstić information content (AvgIpc) is 2.15. The highest BCUT2D eigenvalue weighted by Crippen LogP contribution is 2.31. The number of carbonyl (C=O) groups excluding carboxylic acids is 1. The number of aromatic nitrogens is 1. The lowest BCUT2D eigenvalue weighted by atomic mass is 10.1. The lowest BCUT2D eigenvalue weighted by Crippen LogP contribution is -2.39. The summed E-state index contributed by atoms with van der Waals surface area (Å²) in [4.78, 5) is 15.8. The van der Waals surface area contributed by atoms with Gasteiger partial charge in [-0.05, 0) is 6.42 Å². The van der Waals surface area contributed by atoms with Crippen LogP contribution in [0.15, 0.2) is 12.3 Å². The van der Waals surface area contributed by atoms with Crippen molar-refractivity contribution in [2.24, 2.45) is 0 Å². The smallest absolute Gasteiger partial charge is 0.346 e. The van der Waals surface area contributed by atoms with E-state index in [0.717, 1.165) is 18.5 Å². The maximum atomic E-state index is 11.6. The lowest BCUT2D eigenvalue weighted by Gasteiger charge is -2.31. The molecule has 0 unspecified atom stereocenters. The fourth-order valence-corrected chi connectivity index (χ4v) is 1.67. The third-order valence-corrected chi connectivity index (χ3v) is 2.34. The monoisotopic (exact) mass is 221 g/mol. The fraction of sp³-hybridized carbons (Fsp3) is 0.500. The van der Waals surface area contributed by atoms with Crippen molar-refractivity contribution >= 4 is 5.97 Å². The third kappa shape index (κ3) is 2.01. The zero-order valence-electron chi connectivity index (χ0n) is 9.74. The van der Waals surface area contributed by atoms with Gasteiger partial charge in [-0.2, -0.15) is 0 Å². The topological polar surface area (TPSA) is 48.4 Å². The number of nitrogens with zero attached hydrogens (tertiary/aromatic N) is 1. The molecule has 1 aromatic rings. The highest BCUT2D eigenvalue weighted by molar-refractivity contribution is 5.93. The summed E-state index contributed by atoms with van der Waals surface area (Å²) in [6.45, 7) is 5.52. The number of hydrogen-bond acceptors (Lipinski definition) is 4. The summed E-state index contributed by atoms with van der Waals surface area (Å²) < 4.78 is 10.7. The molecule has 1 aliphatic heterocycles. The second-order valence-electron chi connectivity index (χ2n) is 4.31. The number of rotatable bonds is 2. The van der Waals surface area contributed by atoms with Crippen LogP contribution in [0, 0.1) is 0 Å². The second-order valence-corrected chi connectivity index (χ2v) is 4.31. The van der Waals surface area contributed by atoms with Crippen LogP contribution in [0.5, 0.6) is 5.75 Å². The molecule has 0 saturated heterocycles. The van der Waals surface area contributed by atoms with Crippen LogP contribution in [0.1, 0.15) is 43.2 Å². The Morgan fingerprint density at radius 1 is 1.38 bits per heavy atom. The molecule has 0 aromatic carbocycles. The van der Waals surface area contributed by atoms with Gasteiger partial charge < -0.3 is 9.47 Å². The summed E-state index contributed by atoms with van der Waals surface area (Å²) in [5.74, 6) is -0.698. The minimum absolute atomic E-state index is 0.373. The van der Waals surface area contributed by atoms with Crippen molar-refractivity contribution < 1.29 is 14.3 Å². The standard InChI is InChI=1S/C12H15NO3/c1-4-5-8-6-10-9(7-13-8)11(14)16-12(2,3)15-10/h6-7H,4-5H2,1-3H3. The van der Waals surface area contributed by atoms with Crippen LogP contribution in [0.2, 0.25) is 0 Å². The molecule has 2 heterocycles. The zero-order valence-corrected chi connectivity index (χ0v) is 9.74. The van der Waals surface area contributed by atoms with E-state index in [9.17, 15) is 4.79 Å². The minimum atomic E-state index is -0.894. The van der Waals surface area contributed by atoms with Gasteiger partial charge in [0.05, 0.1) is 0 Å². The SMILES string of the molecule is CCCc1cc2c(cn1)C(=O)OC(C)(C)O2. The molecule has 0 N–H and O–H groups in total. The summed E-state index contributed by atoms with van der Waals surface area (Å²) in [7, 11) is 0. The molecule has 0 bridgehead atoms. The third-order valence-electron chi connectivity index (χ3n) is 2.34. The quantitative estimate of drug-likeness (QED) is 0.719. The van der Waals surface area contributed by atoms with Crippen molar-refractivity contribution in [3.8, 4) is 5.75 Å². The molecule has 0 atom stereocenters. The molecule has 0 spiro atoms. The van der Waals surface area contributed by atoms with Gasteiger partial charge in [-0.15, -0.1) is 0 Å². The Morgan fingerprint density at radius 2 is 2.12 bits per heavy atom. The van der Waals surface area contributed by atoms with Crippen molar-refractivity contribution in [3.63, 3.8) is 0 Å². The molecule has 0 fully saturated rings. The molecule has 0 amide bonds. The minimum Gasteiger partial charge on any atom is -0.452 e. The van der Waals surface area contributed by atoms with E-state index in [0.29, 0.717) is 11.3 Å². The Labute approximate surface area is 94.6 Å². The number of hydrogen-bond donors (Lipinski definition) is 0. The fourth-order valence-electron chi connectivity index (χ4n) is 1.67. The molecule has 86 valence electrons. The number of ether oxygens (including phenoxy) is 2. The number of pyridine rings is 1. The van der Waals surface area contributed by atoms with Crippen LogP contribution in [0.25, 0.3) is 0 Å². The van der Waals surface area contributed by atoms with Crippen molar-refractivity contribution in [1.29, 1.82) is 0 Å². The van der Waals surface area contributed by atoms with Crippen molar-refractivity contribution in [3.05, 3.63) is 23.5 Å². The van der Waals surface area contributed by atoms with Crippen molar-refractivity contribution in [1.82, 2.24) is 4.98 Å². The number of esters is 1. The molecule has 0 saturated carbocycles. The molecule has 2 rings (SSSR count). The lowest BCUT2D eigenvalue weighted by molar-refractivity contribution is -0.127. The van der Waals surface area contributed by atoms with E-state index in [1.54, 1.807) is 13.8 Å².